The second-order valence-electron chi connectivity index (χ2n) is 4.38. The van der Waals surface area contributed by atoms with Gasteiger partial charge >= 0.3 is 5.51 Å². The molecule has 0 aromatic heterocycles. The van der Waals surface area contributed by atoms with Gasteiger partial charge in [-0.15, -0.1) is 0 Å². The first-order valence-electron chi connectivity index (χ1n) is 5.91. The van der Waals surface area contributed by atoms with Crippen LogP contribution in [0.5, 0.6) is 0 Å². The maximum atomic E-state index is 12.0. The Balaban J connectivity index is 2.31. The summed E-state index contributed by atoms with van der Waals surface area (Å²) in [5.74, 6) is 0.620. The lowest BCUT2D eigenvalue weighted by molar-refractivity contribution is -0.0328. The van der Waals surface area contributed by atoms with Gasteiger partial charge in [-0.25, -0.2) is 0 Å². The van der Waals surface area contributed by atoms with Crippen molar-refractivity contribution >= 4 is 11.8 Å². The van der Waals surface area contributed by atoms with Gasteiger partial charge in [0.05, 0.1) is 0 Å². The Bertz CT molecular complexity index is 196. The number of halogens is 3. The third-order valence-electron chi connectivity index (χ3n) is 3.28. The zero-order valence-corrected chi connectivity index (χ0v) is 10.5. The maximum absolute atomic E-state index is 12.0. The smallest absolute Gasteiger partial charge is 0.317 e. The van der Waals surface area contributed by atoms with Crippen molar-refractivity contribution < 1.29 is 13.2 Å². The van der Waals surface area contributed by atoms with Gasteiger partial charge in [0.2, 0.25) is 0 Å². The van der Waals surface area contributed by atoms with Crippen LogP contribution in [-0.2, 0) is 0 Å². The van der Waals surface area contributed by atoms with Gasteiger partial charge in [-0.2, -0.15) is 13.2 Å². The molecule has 1 saturated carbocycles. The molecule has 1 nitrogen and oxygen atoms in total. The summed E-state index contributed by atoms with van der Waals surface area (Å²) in [7, 11) is 1.92. The Kier molecular flexibility index (Phi) is 5.97. The lowest BCUT2D eigenvalue weighted by Gasteiger charge is -2.24. The number of hydrogen-bond donors (Lipinski definition) is 1. The van der Waals surface area contributed by atoms with Crippen molar-refractivity contribution in [3.05, 3.63) is 0 Å². The number of thioether (sulfide) groups is 1. The van der Waals surface area contributed by atoms with Crippen LogP contribution in [0.4, 0.5) is 13.2 Å². The molecule has 0 aromatic rings. The molecular formula is C11H20F3NS. The molecule has 0 bridgehead atoms. The summed E-state index contributed by atoms with van der Waals surface area (Å²) in [6, 6.07) is 0.413. The molecule has 0 radical (unpaired) electrons. The number of hydrogen-bond acceptors (Lipinski definition) is 2. The van der Waals surface area contributed by atoms with Crippen molar-refractivity contribution in [3.63, 3.8) is 0 Å². The summed E-state index contributed by atoms with van der Waals surface area (Å²) in [6.07, 6.45) is 6.45. The zero-order valence-electron chi connectivity index (χ0n) is 9.65. The van der Waals surface area contributed by atoms with Crippen molar-refractivity contribution in [2.75, 3.05) is 12.8 Å². The first-order valence-corrected chi connectivity index (χ1v) is 6.89. The lowest BCUT2D eigenvalue weighted by Crippen LogP contribution is -2.33. The third kappa shape index (κ3) is 5.43. The van der Waals surface area contributed by atoms with E-state index in [9.17, 15) is 13.2 Å². The van der Waals surface area contributed by atoms with Crippen LogP contribution in [0, 0.1) is 5.92 Å². The average molecular weight is 255 g/mol. The summed E-state index contributed by atoms with van der Waals surface area (Å²) < 4.78 is 36.0. The predicted octanol–water partition coefficient (Wildman–Crippen LogP) is 3.80. The molecule has 0 heterocycles. The van der Waals surface area contributed by atoms with Crippen LogP contribution in [0.1, 0.15) is 38.5 Å². The van der Waals surface area contributed by atoms with E-state index in [1.807, 2.05) is 7.05 Å². The highest BCUT2D eigenvalue weighted by Gasteiger charge is 2.29. The maximum Gasteiger partial charge on any atom is 0.441 e. The largest absolute Gasteiger partial charge is 0.441 e. The highest BCUT2D eigenvalue weighted by atomic mass is 32.2. The van der Waals surface area contributed by atoms with Crippen LogP contribution in [-0.4, -0.2) is 24.4 Å². The Morgan fingerprint density at radius 2 is 1.88 bits per heavy atom. The molecule has 0 spiro atoms. The van der Waals surface area contributed by atoms with E-state index < -0.39 is 5.51 Å². The normalized spacial score (nSPS) is 27.8. The molecule has 0 amide bonds. The van der Waals surface area contributed by atoms with Crippen LogP contribution in [0.2, 0.25) is 0 Å². The SMILES string of the molecule is CNC1CCCCCC1CCSC(F)(F)F. The Labute approximate surface area is 99.6 Å². The van der Waals surface area contributed by atoms with E-state index in [2.05, 4.69) is 5.32 Å². The molecule has 0 aliphatic heterocycles. The molecule has 2 atom stereocenters. The Morgan fingerprint density at radius 3 is 2.50 bits per heavy atom. The van der Waals surface area contributed by atoms with Gasteiger partial charge in [-0.1, -0.05) is 31.0 Å². The number of alkyl halides is 3. The highest BCUT2D eigenvalue weighted by molar-refractivity contribution is 8.00. The minimum absolute atomic E-state index is 0.119. The van der Waals surface area contributed by atoms with E-state index in [0.29, 0.717) is 18.4 Å². The second-order valence-corrected chi connectivity index (χ2v) is 5.54. The van der Waals surface area contributed by atoms with Crippen LogP contribution in [0.25, 0.3) is 0 Å². The van der Waals surface area contributed by atoms with Gasteiger partial charge < -0.3 is 5.32 Å². The van der Waals surface area contributed by atoms with Crippen LogP contribution < -0.4 is 5.32 Å². The highest BCUT2D eigenvalue weighted by Crippen LogP contribution is 2.33. The Morgan fingerprint density at radius 1 is 1.19 bits per heavy atom. The van der Waals surface area contributed by atoms with E-state index in [1.165, 1.54) is 19.3 Å². The zero-order chi connectivity index (χ0) is 12.0. The minimum atomic E-state index is -4.07. The van der Waals surface area contributed by atoms with Crippen molar-refractivity contribution in [3.8, 4) is 0 Å². The fourth-order valence-electron chi connectivity index (χ4n) is 2.44. The molecule has 16 heavy (non-hydrogen) atoms. The molecule has 2 unspecified atom stereocenters. The standard InChI is InChI=1S/C11H20F3NS/c1-15-10-6-4-2-3-5-9(10)7-8-16-11(12,13)14/h9-10,15H,2-8H2,1H3. The fourth-order valence-corrected chi connectivity index (χ4v) is 3.09. The molecule has 1 aliphatic rings. The fraction of sp³-hybridized carbons (Fsp3) is 1.00. The van der Waals surface area contributed by atoms with Gasteiger partial charge in [0, 0.05) is 11.8 Å². The minimum Gasteiger partial charge on any atom is -0.317 e. The van der Waals surface area contributed by atoms with Crippen LogP contribution in [0.3, 0.4) is 0 Å². The van der Waals surface area contributed by atoms with Crippen molar-refractivity contribution in [1.29, 1.82) is 0 Å². The quantitative estimate of drug-likeness (QED) is 0.767. The molecule has 1 rings (SSSR count). The first-order chi connectivity index (χ1) is 7.53. The summed E-state index contributed by atoms with van der Waals surface area (Å²) in [5, 5.41) is 3.25. The summed E-state index contributed by atoms with van der Waals surface area (Å²) in [6.45, 7) is 0. The van der Waals surface area contributed by atoms with Gasteiger partial charge in [0.25, 0.3) is 0 Å². The molecule has 5 heteroatoms. The predicted molar refractivity (Wildman–Crippen MR) is 62.6 cm³/mol. The molecular weight excluding hydrogens is 235 g/mol. The van der Waals surface area contributed by atoms with E-state index in [1.54, 1.807) is 0 Å². The molecule has 0 saturated heterocycles. The van der Waals surface area contributed by atoms with E-state index >= 15 is 0 Å². The summed E-state index contributed by atoms with van der Waals surface area (Å²) in [5.41, 5.74) is -4.07. The molecule has 1 aliphatic carbocycles. The number of nitrogens with one attached hydrogen (secondary N) is 1. The van der Waals surface area contributed by atoms with Crippen molar-refractivity contribution in [2.45, 2.75) is 50.1 Å². The summed E-state index contributed by atoms with van der Waals surface area (Å²) >= 11 is 0.119. The first kappa shape index (κ1) is 14.2. The van der Waals surface area contributed by atoms with E-state index in [0.717, 1.165) is 12.8 Å². The van der Waals surface area contributed by atoms with Gasteiger partial charge in [-0.05, 0) is 32.2 Å². The average Bonchev–Trinajstić information content (AvgIpc) is 2.41. The van der Waals surface area contributed by atoms with Crippen LogP contribution >= 0.6 is 11.8 Å². The molecule has 1 fully saturated rings. The van der Waals surface area contributed by atoms with Gasteiger partial charge in [-0.3, -0.25) is 0 Å². The Hall–Kier alpha value is 0.100. The van der Waals surface area contributed by atoms with Gasteiger partial charge in [0.15, 0.2) is 0 Å². The van der Waals surface area contributed by atoms with E-state index in [-0.39, 0.29) is 17.5 Å². The second kappa shape index (κ2) is 6.74. The van der Waals surface area contributed by atoms with Crippen molar-refractivity contribution in [1.82, 2.24) is 5.32 Å². The monoisotopic (exact) mass is 255 g/mol. The molecule has 1 N–H and O–H groups in total. The number of rotatable bonds is 4. The van der Waals surface area contributed by atoms with Crippen molar-refractivity contribution in [2.24, 2.45) is 5.92 Å². The van der Waals surface area contributed by atoms with Crippen LogP contribution in [0.15, 0.2) is 0 Å². The molecule has 0 aromatic carbocycles. The van der Waals surface area contributed by atoms with Gasteiger partial charge in [0.1, 0.15) is 0 Å². The van der Waals surface area contributed by atoms with E-state index in [4.69, 9.17) is 0 Å². The molecule has 96 valence electrons. The summed E-state index contributed by atoms with van der Waals surface area (Å²) in [4.78, 5) is 0. The lowest BCUT2D eigenvalue weighted by atomic mass is 9.92. The topological polar surface area (TPSA) is 12.0 Å². The third-order valence-corrected chi connectivity index (χ3v) is 4.05.